The van der Waals surface area contributed by atoms with Crippen LogP contribution in [0.4, 0.5) is 5.69 Å². The van der Waals surface area contributed by atoms with Crippen molar-refractivity contribution in [3.05, 3.63) is 23.8 Å². The molecule has 17 heavy (non-hydrogen) atoms. The molecule has 1 atom stereocenters. The Morgan fingerprint density at radius 2 is 2.00 bits per heavy atom. The van der Waals surface area contributed by atoms with Crippen LogP contribution in [-0.4, -0.2) is 30.4 Å². The van der Waals surface area contributed by atoms with Crippen LogP contribution in [-0.2, 0) is 20.6 Å². The van der Waals surface area contributed by atoms with E-state index in [1.54, 1.807) is 12.1 Å². The Hall–Kier alpha value is -0.880. The maximum Gasteiger partial charge on any atom is 0.147 e. The lowest BCUT2D eigenvalue weighted by molar-refractivity contribution is 0.600. The van der Waals surface area contributed by atoms with Crippen LogP contribution in [0.3, 0.4) is 0 Å². The zero-order chi connectivity index (χ0) is 13.1. The molecule has 1 aromatic carbocycles. The summed E-state index contributed by atoms with van der Waals surface area (Å²) in [6, 6.07) is 5.38. The number of nitrogen functional groups attached to an aromatic ring is 1. The molecule has 0 radical (unpaired) electrons. The van der Waals surface area contributed by atoms with E-state index >= 15 is 0 Å². The average Bonchev–Trinajstić information content (AvgIpc) is 2.20. The van der Waals surface area contributed by atoms with Crippen molar-refractivity contribution in [1.82, 2.24) is 0 Å². The summed E-state index contributed by atoms with van der Waals surface area (Å²) in [5.74, 6) is 0.380. The lowest BCUT2D eigenvalue weighted by Gasteiger charge is -2.07. The molecule has 0 aliphatic carbocycles. The standard InChI is InChI=1S/C11H17NO3S2/c1-9-5-3-6-10(11(9)12)16(13)7-4-8-17(2,14)15/h3,5-6H,4,7-8,12H2,1-2H3. The Balaban J connectivity index is 2.68. The smallest absolute Gasteiger partial charge is 0.147 e. The number of nitrogens with two attached hydrogens (primary N) is 1. The quantitative estimate of drug-likeness (QED) is 0.817. The van der Waals surface area contributed by atoms with Gasteiger partial charge in [-0.25, -0.2) is 8.42 Å². The van der Waals surface area contributed by atoms with E-state index in [1.807, 2.05) is 13.0 Å². The van der Waals surface area contributed by atoms with Crippen LogP contribution in [0.25, 0.3) is 0 Å². The summed E-state index contributed by atoms with van der Waals surface area (Å²) >= 11 is 0. The summed E-state index contributed by atoms with van der Waals surface area (Å²) in [4.78, 5) is 0.596. The van der Waals surface area contributed by atoms with Crippen molar-refractivity contribution in [3.63, 3.8) is 0 Å². The van der Waals surface area contributed by atoms with E-state index in [1.165, 1.54) is 6.26 Å². The van der Waals surface area contributed by atoms with Gasteiger partial charge in [0.05, 0.1) is 27.1 Å². The second-order valence-electron chi connectivity index (χ2n) is 4.02. The number of benzene rings is 1. The summed E-state index contributed by atoms with van der Waals surface area (Å²) < 4.78 is 33.8. The molecule has 1 aromatic rings. The van der Waals surface area contributed by atoms with Gasteiger partial charge in [-0.1, -0.05) is 12.1 Å². The van der Waals surface area contributed by atoms with Gasteiger partial charge in [-0.3, -0.25) is 4.21 Å². The van der Waals surface area contributed by atoms with Gasteiger partial charge in [-0.05, 0) is 25.0 Å². The van der Waals surface area contributed by atoms with Gasteiger partial charge >= 0.3 is 0 Å². The molecule has 0 saturated heterocycles. The largest absolute Gasteiger partial charge is 0.398 e. The molecule has 0 aromatic heterocycles. The highest BCUT2D eigenvalue weighted by Gasteiger charge is 2.10. The topological polar surface area (TPSA) is 77.2 Å². The first kappa shape index (κ1) is 14.2. The van der Waals surface area contributed by atoms with E-state index < -0.39 is 20.6 Å². The minimum Gasteiger partial charge on any atom is -0.398 e. The molecule has 6 heteroatoms. The third-order valence-corrected chi connectivity index (χ3v) is 4.91. The lowest BCUT2D eigenvalue weighted by Crippen LogP contribution is -2.09. The molecule has 0 fully saturated rings. The summed E-state index contributed by atoms with van der Waals surface area (Å²) in [6.45, 7) is 1.85. The first-order valence-corrected chi connectivity index (χ1v) is 8.60. The number of hydrogen-bond donors (Lipinski definition) is 1. The molecule has 0 amide bonds. The minimum atomic E-state index is -2.99. The fourth-order valence-electron chi connectivity index (χ4n) is 1.41. The fourth-order valence-corrected chi connectivity index (χ4v) is 3.53. The predicted octanol–water partition coefficient (Wildman–Crippen LogP) is 1.12. The highest BCUT2D eigenvalue weighted by molar-refractivity contribution is 7.90. The molecular formula is C11H17NO3S2. The second kappa shape index (κ2) is 5.64. The molecular weight excluding hydrogens is 258 g/mol. The molecule has 0 spiro atoms. The minimum absolute atomic E-state index is 0.0600. The Morgan fingerprint density at radius 3 is 2.59 bits per heavy atom. The first-order valence-electron chi connectivity index (χ1n) is 5.22. The van der Waals surface area contributed by atoms with Crippen LogP contribution in [0.2, 0.25) is 0 Å². The Kier molecular flexibility index (Phi) is 4.70. The average molecular weight is 275 g/mol. The Morgan fingerprint density at radius 1 is 1.35 bits per heavy atom. The third kappa shape index (κ3) is 4.47. The molecule has 4 nitrogen and oxygen atoms in total. The van der Waals surface area contributed by atoms with E-state index in [0.29, 0.717) is 22.8 Å². The van der Waals surface area contributed by atoms with Gasteiger partial charge in [0, 0.05) is 12.0 Å². The number of anilines is 1. The summed E-state index contributed by atoms with van der Waals surface area (Å²) in [5.41, 5.74) is 7.25. The van der Waals surface area contributed by atoms with Crippen molar-refractivity contribution < 1.29 is 12.6 Å². The van der Waals surface area contributed by atoms with Gasteiger partial charge < -0.3 is 5.73 Å². The number of para-hydroxylation sites is 1. The van der Waals surface area contributed by atoms with Crippen LogP contribution >= 0.6 is 0 Å². The van der Waals surface area contributed by atoms with Crippen molar-refractivity contribution in [3.8, 4) is 0 Å². The summed E-state index contributed by atoms with van der Waals surface area (Å²) in [6.07, 6.45) is 1.57. The van der Waals surface area contributed by atoms with Crippen LogP contribution in [0.1, 0.15) is 12.0 Å². The predicted molar refractivity (Wildman–Crippen MR) is 71.2 cm³/mol. The van der Waals surface area contributed by atoms with Crippen LogP contribution in [0, 0.1) is 6.92 Å². The van der Waals surface area contributed by atoms with Crippen LogP contribution in [0.15, 0.2) is 23.1 Å². The molecule has 0 bridgehead atoms. The van der Waals surface area contributed by atoms with Crippen LogP contribution in [0.5, 0.6) is 0 Å². The van der Waals surface area contributed by atoms with Gasteiger partial charge in [0.25, 0.3) is 0 Å². The summed E-state index contributed by atoms with van der Waals surface area (Å²) in [5, 5.41) is 0. The molecule has 2 N–H and O–H groups in total. The number of sulfone groups is 1. The van der Waals surface area contributed by atoms with Crippen molar-refractivity contribution in [1.29, 1.82) is 0 Å². The van der Waals surface area contributed by atoms with Crippen LogP contribution < -0.4 is 5.73 Å². The van der Waals surface area contributed by atoms with E-state index in [0.717, 1.165) is 5.56 Å². The SMILES string of the molecule is Cc1cccc(S(=O)CCCS(C)(=O)=O)c1N. The van der Waals surface area contributed by atoms with E-state index in [9.17, 15) is 12.6 Å². The number of aryl methyl sites for hydroxylation is 1. The molecule has 0 saturated carbocycles. The maximum atomic E-state index is 11.9. The monoisotopic (exact) mass is 275 g/mol. The van der Waals surface area contributed by atoms with E-state index in [4.69, 9.17) is 5.73 Å². The highest BCUT2D eigenvalue weighted by atomic mass is 32.2. The number of rotatable bonds is 5. The van der Waals surface area contributed by atoms with Gasteiger partial charge in [0.2, 0.25) is 0 Å². The molecule has 96 valence electrons. The second-order valence-corrected chi connectivity index (χ2v) is 7.82. The first-order chi connectivity index (χ1) is 7.81. The summed E-state index contributed by atoms with van der Waals surface area (Å²) in [7, 11) is -4.22. The van der Waals surface area contributed by atoms with Gasteiger partial charge in [-0.15, -0.1) is 0 Å². The number of hydrogen-bond acceptors (Lipinski definition) is 4. The normalized spacial score (nSPS) is 13.5. The highest BCUT2D eigenvalue weighted by Crippen LogP contribution is 2.20. The van der Waals surface area contributed by atoms with Gasteiger partial charge in [0.1, 0.15) is 9.84 Å². The zero-order valence-corrected chi connectivity index (χ0v) is 11.6. The Bertz CT molecular complexity index is 524. The lowest BCUT2D eigenvalue weighted by atomic mass is 10.2. The molecule has 0 aliphatic heterocycles. The molecule has 1 unspecified atom stereocenters. The molecule has 0 aliphatic rings. The van der Waals surface area contributed by atoms with Crippen molar-refractivity contribution in [2.24, 2.45) is 0 Å². The van der Waals surface area contributed by atoms with E-state index in [2.05, 4.69) is 0 Å². The van der Waals surface area contributed by atoms with Crippen molar-refractivity contribution in [2.75, 3.05) is 23.5 Å². The van der Waals surface area contributed by atoms with Gasteiger partial charge in [-0.2, -0.15) is 0 Å². The fraction of sp³-hybridized carbons (Fsp3) is 0.455. The zero-order valence-electron chi connectivity index (χ0n) is 9.97. The van der Waals surface area contributed by atoms with Gasteiger partial charge in [0.15, 0.2) is 0 Å². The van der Waals surface area contributed by atoms with E-state index in [-0.39, 0.29) is 5.75 Å². The third-order valence-electron chi connectivity index (χ3n) is 2.37. The molecule has 0 heterocycles. The van der Waals surface area contributed by atoms with Crippen molar-refractivity contribution in [2.45, 2.75) is 18.2 Å². The Labute approximate surface area is 105 Å². The molecule has 1 rings (SSSR count). The maximum absolute atomic E-state index is 11.9. The van der Waals surface area contributed by atoms with Crippen molar-refractivity contribution >= 4 is 26.3 Å².